The fraction of sp³-hybridized carbons (Fsp3) is 0.766. The molecule has 9 heteroatoms. The predicted molar refractivity (Wildman–Crippen MR) is 236 cm³/mol. The first-order valence-electron chi connectivity index (χ1n) is 22.5. The molecular weight excluding hydrogens is 721 g/mol. The summed E-state index contributed by atoms with van der Waals surface area (Å²) in [5.74, 6) is -0.347. The molecule has 0 radical (unpaired) electrons. The van der Waals surface area contributed by atoms with Gasteiger partial charge in [-0.05, 0) is 57.8 Å². The lowest BCUT2D eigenvalue weighted by molar-refractivity contribution is -0.870. The Kier molecular flexibility index (Phi) is 38.7. The van der Waals surface area contributed by atoms with Crippen LogP contribution in [0.1, 0.15) is 174 Å². The minimum atomic E-state index is -4.53. The molecule has 0 rings (SSSR count). The molecule has 0 spiro atoms. The Hall–Kier alpha value is -1.80. The number of ether oxygens (including phenoxy) is 2. The minimum Gasteiger partial charge on any atom is -0.756 e. The van der Waals surface area contributed by atoms with Crippen LogP contribution in [0, 0.1) is 0 Å². The van der Waals surface area contributed by atoms with Gasteiger partial charge in [0.15, 0.2) is 0 Å². The number of phosphoric ester groups is 1. The molecule has 0 aliphatic carbocycles. The number of phosphoric acid groups is 1. The first kappa shape index (κ1) is 54.2. The highest BCUT2D eigenvalue weighted by Gasteiger charge is 2.20. The highest BCUT2D eigenvalue weighted by Crippen LogP contribution is 2.38. The standard InChI is InChI=1S/C47H86NO7P/c1-6-8-10-12-14-16-18-19-20-21-22-23-24-25-26-27-28-29-30-32-34-36-38-40-47(49)55-46(45-54-56(50,51)53-43-41-48(3,4)5)44-52-42-39-37-35-33-31-17-15-13-11-9-7-2/h8,10,14,16,19-20,22-23,25-26,46H,6-7,9,11-13,15,17-18,21,24,27-45H2,1-5H3/b10-8-,16-14-,20-19-,23-22-,26-25-. The monoisotopic (exact) mass is 808 g/mol. The van der Waals surface area contributed by atoms with Crippen LogP contribution >= 0.6 is 7.82 Å². The molecule has 8 nitrogen and oxygen atoms in total. The fourth-order valence-electron chi connectivity index (χ4n) is 5.87. The summed E-state index contributed by atoms with van der Waals surface area (Å²) in [6.07, 6.45) is 49.4. The summed E-state index contributed by atoms with van der Waals surface area (Å²) in [5.41, 5.74) is 0. The average molecular weight is 808 g/mol. The molecule has 0 saturated carbocycles. The van der Waals surface area contributed by atoms with E-state index in [0.29, 0.717) is 24.1 Å². The Balaban J connectivity index is 4.19. The Morgan fingerprint density at radius 3 is 1.55 bits per heavy atom. The summed E-state index contributed by atoms with van der Waals surface area (Å²) in [4.78, 5) is 25.0. The normalized spacial score (nSPS) is 14.3. The van der Waals surface area contributed by atoms with Crippen LogP contribution < -0.4 is 4.89 Å². The molecule has 0 fully saturated rings. The summed E-state index contributed by atoms with van der Waals surface area (Å²) in [7, 11) is 1.34. The van der Waals surface area contributed by atoms with E-state index >= 15 is 0 Å². The first-order chi connectivity index (χ1) is 27.1. The Morgan fingerprint density at radius 2 is 1.04 bits per heavy atom. The third-order valence-electron chi connectivity index (χ3n) is 9.33. The average Bonchev–Trinajstić information content (AvgIpc) is 3.15. The lowest BCUT2D eigenvalue weighted by Gasteiger charge is -2.28. The van der Waals surface area contributed by atoms with Gasteiger partial charge in [-0.2, -0.15) is 0 Å². The molecule has 2 atom stereocenters. The van der Waals surface area contributed by atoms with E-state index in [1.807, 2.05) is 21.1 Å². The molecular formula is C47H86NO7P. The number of allylic oxidation sites excluding steroid dienone is 10. The van der Waals surface area contributed by atoms with Gasteiger partial charge in [-0.3, -0.25) is 9.36 Å². The van der Waals surface area contributed by atoms with Crippen molar-refractivity contribution in [2.75, 3.05) is 54.1 Å². The number of quaternary nitrogens is 1. The molecule has 0 N–H and O–H groups in total. The van der Waals surface area contributed by atoms with Crippen LogP contribution in [0.2, 0.25) is 0 Å². The first-order valence-corrected chi connectivity index (χ1v) is 24.0. The molecule has 56 heavy (non-hydrogen) atoms. The van der Waals surface area contributed by atoms with Gasteiger partial charge in [0, 0.05) is 13.0 Å². The molecule has 0 aromatic carbocycles. The van der Waals surface area contributed by atoms with Gasteiger partial charge < -0.3 is 27.9 Å². The minimum absolute atomic E-state index is 0.0222. The van der Waals surface area contributed by atoms with Crippen LogP contribution in [0.25, 0.3) is 0 Å². The predicted octanol–water partition coefficient (Wildman–Crippen LogP) is 12.7. The molecule has 0 aliphatic heterocycles. The van der Waals surface area contributed by atoms with Gasteiger partial charge in [-0.1, -0.05) is 171 Å². The van der Waals surface area contributed by atoms with Gasteiger partial charge in [0.25, 0.3) is 7.82 Å². The molecule has 0 heterocycles. The third kappa shape index (κ3) is 43.3. The van der Waals surface area contributed by atoms with E-state index in [2.05, 4.69) is 74.6 Å². The zero-order valence-electron chi connectivity index (χ0n) is 36.8. The number of carbonyl (C=O) groups is 1. The fourth-order valence-corrected chi connectivity index (χ4v) is 6.59. The summed E-state index contributed by atoms with van der Waals surface area (Å²) < 4.78 is 34.6. The topological polar surface area (TPSA) is 94.1 Å². The van der Waals surface area contributed by atoms with Gasteiger partial charge >= 0.3 is 5.97 Å². The maximum absolute atomic E-state index is 12.7. The van der Waals surface area contributed by atoms with Crippen LogP contribution in [0.3, 0.4) is 0 Å². The maximum atomic E-state index is 12.7. The molecule has 0 saturated heterocycles. The Bertz CT molecular complexity index is 1080. The van der Waals surface area contributed by atoms with Gasteiger partial charge in [0.1, 0.15) is 19.3 Å². The smallest absolute Gasteiger partial charge is 0.306 e. The van der Waals surface area contributed by atoms with E-state index in [4.69, 9.17) is 18.5 Å². The third-order valence-corrected chi connectivity index (χ3v) is 10.3. The van der Waals surface area contributed by atoms with Gasteiger partial charge in [-0.25, -0.2) is 0 Å². The maximum Gasteiger partial charge on any atom is 0.306 e. The van der Waals surface area contributed by atoms with E-state index in [-0.39, 0.29) is 25.8 Å². The molecule has 326 valence electrons. The SMILES string of the molecule is CC/C=C\C/C=C\C/C=C\C/C=C\C/C=C\CCCCCCCCCC(=O)OC(COCCCCCCCCCCCCC)COP(=O)([O-])OCC[N+](C)(C)C. The van der Waals surface area contributed by atoms with Crippen molar-refractivity contribution in [1.82, 2.24) is 0 Å². The molecule has 0 aliphatic rings. The number of esters is 1. The van der Waals surface area contributed by atoms with Gasteiger partial charge in [0.2, 0.25) is 0 Å². The number of likely N-dealkylation sites (N-methyl/N-ethyl adjacent to an activating group) is 1. The van der Waals surface area contributed by atoms with Crippen molar-refractivity contribution in [2.24, 2.45) is 0 Å². The number of unbranched alkanes of at least 4 members (excludes halogenated alkanes) is 17. The van der Waals surface area contributed by atoms with Gasteiger partial charge in [0.05, 0.1) is 34.4 Å². The van der Waals surface area contributed by atoms with Gasteiger partial charge in [-0.15, -0.1) is 0 Å². The largest absolute Gasteiger partial charge is 0.756 e. The summed E-state index contributed by atoms with van der Waals surface area (Å²) >= 11 is 0. The van der Waals surface area contributed by atoms with Crippen LogP contribution in [-0.4, -0.2) is 70.7 Å². The van der Waals surface area contributed by atoms with Crippen LogP contribution in [0.4, 0.5) is 0 Å². The number of rotatable bonds is 41. The second-order valence-electron chi connectivity index (χ2n) is 16.0. The van der Waals surface area contributed by atoms with Crippen LogP contribution in [-0.2, 0) is 27.9 Å². The molecule has 2 unspecified atom stereocenters. The van der Waals surface area contributed by atoms with Crippen LogP contribution in [0.15, 0.2) is 60.8 Å². The van der Waals surface area contributed by atoms with E-state index in [1.165, 1.54) is 77.0 Å². The van der Waals surface area contributed by atoms with E-state index in [9.17, 15) is 14.3 Å². The van der Waals surface area contributed by atoms with Crippen molar-refractivity contribution in [3.05, 3.63) is 60.8 Å². The lowest BCUT2D eigenvalue weighted by atomic mass is 10.1. The van der Waals surface area contributed by atoms with Crippen molar-refractivity contribution >= 4 is 13.8 Å². The Labute approximate surface area is 345 Å². The van der Waals surface area contributed by atoms with Crippen molar-refractivity contribution in [3.63, 3.8) is 0 Å². The van der Waals surface area contributed by atoms with E-state index < -0.39 is 13.9 Å². The zero-order valence-corrected chi connectivity index (χ0v) is 37.7. The summed E-state index contributed by atoms with van der Waals surface area (Å²) in [6, 6.07) is 0. The second-order valence-corrected chi connectivity index (χ2v) is 17.4. The number of hydrogen-bond acceptors (Lipinski definition) is 7. The Morgan fingerprint density at radius 1 is 0.571 bits per heavy atom. The highest BCUT2D eigenvalue weighted by molar-refractivity contribution is 7.45. The lowest BCUT2D eigenvalue weighted by Crippen LogP contribution is -2.37. The molecule has 0 aromatic rings. The highest BCUT2D eigenvalue weighted by atomic mass is 31.2. The summed E-state index contributed by atoms with van der Waals surface area (Å²) in [6.45, 7) is 5.28. The number of nitrogens with zero attached hydrogens (tertiary/aromatic N) is 1. The summed E-state index contributed by atoms with van der Waals surface area (Å²) in [5, 5.41) is 0. The van der Waals surface area contributed by atoms with E-state index in [0.717, 1.165) is 77.0 Å². The van der Waals surface area contributed by atoms with Crippen LogP contribution in [0.5, 0.6) is 0 Å². The molecule has 0 bridgehead atoms. The molecule has 0 amide bonds. The second kappa shape index (κ2) is 40.0. The van der Waals surface area contributed by atoms with Crippen molar-refractivity contribution in [3.8, 4) is 0 Å². The quantitative estimate of drug-likeness (QED) is 0.0200. The van der Waals surface area contributed by atoms with Crippen molar-refractivity contribution in [2.45, 2.75) is 180 Å². The number of carbonyl (C=O) groups excluding carboxylic acids is 1. The van der Waals surface area contributed by atoms with Crippen molar-refractivity contribution < 1.29 is 37.3 Å². The van der Waals surface area contributed by atoms with Crippen molar-refractivity contribution in [1.29, 1.82) is 0 Å². The number of hydrogen-bond donors (Lipinski definition) is 0. The molecule has 0 aromatic heterocycles. The zero-order chi connectivity index (χ0) is 41.3. The van der Waals surface area contributed by atoms with E-state index in [1.54, 1.807) is 0 Å².